The number of nitrogens with zero attached hydrogens (tertiary/aromatic N) is 1. The summed E-state index contributed by atoms with van der Waals surface area (Å²) >= 11 is 0. The molecule has 0 spiro atoms. The largest absolute Gasteiger partial charge is 0.314 e. The molecule has 0 aliphatic heterocycles. The molecule has 0 aromatic carbocycles. The lowest BCUT2D eigenvalue weighted by molar-refractivity contribution is 0.293. The lowest BCUT2D eigenvalue weighted by Crippen LogP contribution is -2.33. The first-order valence-electron chi connectivity index (χ1n) is 6.07. The first kappa shape index (κ1) is 13.9. The minimum absolute atomic E-state index is 0.645. The van der Waals surface area contributed by atoms with Crippen LogP contribution in [0.25, 0.3) is 0 Å². The predicted octanol–water partition coefficient (Wildman–Crippen LogP) is 2.35. The summed E-state index contributed by atoms with van der Waals surface area (Å²) in [5.41, 5.74) is 0. The molecule has 14 heavy (non-hydrogen) atoms. The van der Waals surface area contributed by atoms with Crippen molar-refractivity contribution in [3.8, 4) is 0 Å². The van der Waals surface area contributed by atoms with Crippen LogP contribution in [0.4, 0.5) is 0 Å². The van der Waals surface area contributed by atoms with Crippen LogP contribution in [-0.4, -0.2) is 37.1 Å². The molecule has 1 N–H and O–H groups in total. The summed E-state index contributed by atoms with van der Waals surface area (Å²) in [6, 6.07) is 0.645. The predicted molar refractivity (Wildman–Crippen MR) is 64.7 cm³/mol. The molecule has 0 aromatic heterocycles. The van der Waals surface area contributed by atoms with Gasteiger partial charge >= 0.3 is 0 Å². The van der Waals surface area contributed by atoms with Gasteiger partial charge in [0.25, 0.3) is 0 Å². The van der Waals surface area contributed by atoms with Crippen molar-refractivity contribution in [3.63, 3.8) is 0 Å². The highest BCUT2D eigenvalue weighted by Crippen LogP contribution is 1.99. The van der Waals surface area contributed by atoms with Gasteiger partial charge in [0.1, 0.15) is 0 Å². The molecule has 0 aromatic rings. The van der Waals surface area contributed by atoms with E-state index >= 15 is 0 Å². The fourth-order valence-electron chi connectivity index (χ4n) is 1.41. The molecule has 0 aliphatic rings. The van der Waals surface area contributed by atoms with Crippen LogP contribution in [0.5, 0.6) is 0 Å². The Bertz CT molecular complexity index is 115. The second-order valence-electron chi connectivity index (χ2n) is 4.37. The Balaban J connectivity index is 3.36. The van der Waals surface area contributed by atoms with Crippen molar-refractivity contribution < 1.29 is 0 Å². The van der Waals surface area contributed by atoms with E-state index in [-0.39, 0.29) is 0 Å². The van der Waals surface area contributed by atoms with Crippen LogP contribution in [0.15, 0.2) is 0 Å². The van der Waals surface area contributed by atoms with E-state index in [1.54, 1.807) is 0 Å². The highest BCUT2D eigenvalue weighted by Gasteiger charge is 2.05. The van der Waals surface area contributed by atoms with Crippen LogP contribution < -0.4 is 5.32 Å². The lowest BCUT2D eigenvalue weighted by atomic mass is 10.1. The van der Waals surface area contributed by atoms with E-state index in [1.807, 2.05) is 0 Å². The summed E-state index contributed by atoms with van der Waals surface area (Å²) in [5, 5.41) is 3.56. The number of rotatable bonds is 8. The summed E-state index contributed by atoms with van der Waals surface area (Å²) < 4.78 is 0. The number of hydrogen-bond acceptors (Lipinski definition) is 2. The highest BCUT2D eigenvalue weighted by atomic mass is 15.1. The van der Waals surface area contributed by atoms with Crippen molar-refractivity contribution in [1.29, 1.82) is 0 Å². The Hall–Kier alpha value is -0.0800. The minimum atomic E-state index is 0.645. The fourth-order valence-corrected chi connectivity index (χ4v) is 1.41. The molecule has 0 saturated heterocycles. The Labute approximate surface area is 90.1 Å². The van der Waals surface area contributed by atoms with Gasteiger partial charge in [-0.15, -0.1) is 0 Å². The molecule has 0 rings (SSSR count). The minimum Gasteiger partial charge on any atom is -0.314 e. The van der Waals surface area contributed by atoms with Crippen molar-refractivity contribution >= 4 is 0 Å². The fraction of sp³-hybridized carbons (Fsp3) is 1.00. The van der Waals surface area contributed by atoms with Crippen LogP contribution >= 0.6 is 0 Å². The van der Waals surface area contributed by atoms with E-state index in [4.69, 9.17) is 0 Å². The van der Waals surface area contributed by atoms with Gasteiger partial charge in [-0.05, 0) is 45.4 Å². The third-order valence-corrected chi connectivity index (χ3v) is 3.01. The van der Waals surface area contributed by atoms with Crippen molar-refractivity contribution in [2.24, 2.45) is 5.92 Å². The van der Waals surface area contributed by atoms with E-state index in [1.165, 1.54) is 26.1 Å². The highest BCUT2D eigenvalue weighted by molar-refractivity contribution is 4.64. The van der Waals surface area contributed by atoms with E-state index in [0.717, 1.165) is 12.5 Å². The van der Waals surface area contributed by atoms with Gasteiger partial charge in [-0.1, -0.05) is 27.7 Å². The van der Waals surface area contributed by atoms with Gasteiger partial charge < -0.3 is 10.2 Å². The van der Waals surface area contributed by atoms with Crippen molar-refractivity contribution in [1.82, 2.24) is 10.2 Å². The summed E-state index contributed by atoms with van der Waals surface area (Å²) in [6.07, 6.45) is 1.26. The van der Waals surface area contributed by atoms with Gasteiger partial charge in [-0.2, -0.15) is 0 Å². The molecule has 86 valence electrons. The zero-order valence-electron chi connectivity index (χ0n) is 10.6. The Kier molecular flexibility index (Phi) is 8.20. The molecular formula is C12H28N2. The van der Waals surface area contributed by atoms with E-state index < -0.39 is 0 Å². The van der Waals surface area contributed by atoms with E-state index in [2.05, 4.69) is 44.8 Å². The first-order chi connectivity index (χ1) is 6.61. The lowest BCUT2D eigenvalue weighted by Gasteiger charge is -2.20. The van der Waals surface area contributed by atoms with Crippen LogP contribution in [0.3, 0.4) is 0 Å². The standard InChI is InChI=1S/C12H28N2/c1-6-14(7-2)10-8-9-13-12(5)11(3)4/h11-13H,6-10H2,1-5H3. The zero-order valence-corrected chi connectivity index (χ0v) is 10.6. The van der Waals surface area contributed by atoms with Crippen LogP contribution in [-0.2, 0) is 0 Å². The quantitative estimate of drug-likeness (QED) is 0.605. The van der Waals surface area contributed by atoms with Crippen LogP contribution in [0.2, 0.25) is 0 Å². The number of nitrogens with one attached hydrogen (secondary N) is 1. The first-order valence-corrected chi connectivity index (χ1v) is 6.07. The second-order valence-corrected chi connectivity index (χ2v) is 4.37. The molecule has 0 heterocycles. The molecule has 2 heteroatoms. The summed E-state index contributed by atoms with van der Waals surface area (Å²) in [5.74, 6) is 0.739. The maximum Gasteiger partial charge on any atom is 0.00617 e. The molecule has 0 aliphatic carbocycles. The van der Waals surface area contributed by atoms with Gasteiger partial charge in [0, 0.05) is 6.04 Å². The van der Waals surface area contributed by atoms with Crippen molar-refractivity contribution in [2.45, 2.75) is 47.1 Å². The van der Waals surface area contributed by atoms with Gasteiger partial charge in [0.2, 0.25) is 0 Å². The summed E-state index contributed by atoms with van der Waals surface area (Å²) in [6.45, 7) is 16.0. The van der Waals surface area contributed by atoms with Crippen LogP contribution in [0.1, 0.15) is 41.0 Å². The average Bonchev–Trinajstić information content (AvgIpc) is 2.17. The van der Waals surface area contributed by atoms with E-state index in [9.17, 15) is 0 Å². The smallest absolute Gasteiger partial charge is 0.00617 e. The number of hydrogen-bond donors (Lipinski definition) is 1. The zero-order chi connectivity index (χ0) is 11.0. The van der Waals surface area contributed by atoms with Crippen molar-refractivity contribution in [2.75, 3.05) is 26.2 Å². The normalized spacial score (nSPS) is 13.9. The Morgan fingerprint density at radius 1 is 1.07 bits per heavy atom. The molecule has 0 bridgehead atoms. The molecule has 1 atom stereocenters. The molecule has 0 fully saturated rings. The van der Waals surface area contributed by atoms with Crippen LogP contribution in [0, 0.1) is 5.92 Å². The third kappa shape index (κ3) is 6.39. The maximum atomic E-state index is 3.56. The average molecular weight is 200 g/mol. The van der Waals surface area contributed by atoms with Crippen molar-refractivity contribution in [3.05, 3.63) is 0 Å². The van der Waals surface area contributed by atoms with Gasteiger partial charge in [0.05, 0.1) is 0 Å². The third-order valence-electron chi connectivity index (χ3n) is 3.01. The molecule has 0 saturated carbocycles. The molecule has 1 unspecified atom stereocenters. The molecular weight excluding hydrogens is 172 g/mol. The summed E-state index contributed by atoms with van der Waals surface area (Å²) in [4.78, 5) is 2.47. The topological polar surface area (TPSA) is 15.3 Å². The molecule has 2 nitrogen and oxygen atoms in total. The SMILES string of the molecule is CCN(CC)CCCNC(C)C(C)C. The van der Waals surface area contributed by atoms with E-state index in [0.29, 0.717) is 6.04 Å². The maximum absolute atomic E-state index is 3.56. The van der Waals surface area contributed by atoms with Gasteiger partial charge in [0.15, 0.2) is 0 Å². The molecule has 0 radical (unpaired) electrons. The Morgan fingerprint density at radius 3 is 2.07 bits per heavy atom. The molecule has 0 amide bonds. The van der Waals surface area contributed by atoms with Gasteiger partial charge in [-0.25, -0.2) is 0 Å². The summed E-state index contributed by atoms with van der Waals surface area (Å²) in [7, 11) is 0. The second kappa shape index (κ2) is 8.25. The monoisotopic (exact) mass is 200 g/mol. The Morgan fingerprint density at radius 2 is 1.64 bits per heavy atom. The van der Waals surface area contributed by atoms with Gasteiger partial charge in [-0.3, -0.25) is 0 Å².